The third-order valence-corrected chi connectivity index (χ3v) is 4.47. The van der Waals surface area contributed by atoms with Crippen molar-refractivity contribution in [2.45, 2.75) is 33.1 Å². The summed E-state index contributed by atoms with van der Waals surface area (Å²) in [5, 5.41) is 6.20. The maximum atomic E-state index is 12.7. The van der Waals surface area contributed by atoms with Crippen molar-refractivity contribution < 1.29 is 9.59 Å². The fourth-order valence-corrected chi connectivity index (χ4v) is 3.02. The van der Waals surface area contributed by atoms with Crippen molar-refractivity contribution in [1.29, 1.82) is 0 Å². The number of hydrogen-bond acceptors (Lipinski definition) is 3. The van der Waals surface area contributed by atoms with Gasteiger partial charge in [0.15, 0.2) is 0 Å². The zero-order chi connectivity index (χ0) is 13.9. The highest BCUT2D eigenvalue weighted by Crippen LogP contribution is 2.33. The van der Waals surface area contributed by atoms with Crippen LogP contribution in [0.5, 0.6) is 0 Å². The molecule has 0 aliphatic carbocycles. The van der Waals surface area contributed by atoms with E-state index in [9.17, 15) is 9.59 Å². The molecule has 1 atom stereocenters. The van der Waals surface area contributed by atoms with Crippen molar-refractivity contribution in [3.63, 3.8) is 0 Å². The van der Waals surface area contributed by atoms with Gasteiger partial charge in [-0.1, -0.05) is 13.8 Å². The molecule has 0 radical (unpaired) electrons. The molecule has 19 heavy (non-hydrogen) atoms. The number of carbonyl (C=O) groups is 2. The average molecular weight is 267 g/mol. The molecule has 2 fully saturated rings. The number of nitrogens with zero attached hydrogens (tertiary/aromatic N) is 1. The molecule has 2 aliphatic heterocycles. The Kier molecular flexibility index (Phi) is 4.45. The number of amides is 2. The Morgan fingerprint density at radius 3 is 2.79 bits per heavy atom. The number of nitrogens with one attached hydrogen (secondary N) is 2. The van der Waals surface area contributed by atoms with Gasteiger partial charge in [-0.05, 0) is 31.8 Å². The molecule has 2 aliphatic rings. The van der Waals surface area contributed by atoms with Crippen LogP contribution in [0, 0.1) is 11.3 Å². The molecule has 108 valence electrons. The van der Waals surface area contributed by atoms with E-state index in [4.69, 9.17) is 0 Å². The van der Waals surface area contributed by atoms with E-state index in [2.05, 4.69) is 10.6 Å². The van der Waals surface area contributed by atoms with Gasteiger partial charge < -0.3 is 15.5 Å². The van der Waals surface area contributed by atoms with E-state index in [0.717, 1.165) is 25.9 Å². The first-order valence-corrected chi connectivity index (χ1v) is 7.28. The summed E-state index contributed by atoms with van der Waals surface area (Å²) in [4.78, 5) is 25.9. The zero-order valence-electron chi connectivity index (χ0n) is 12.0. The van der Waals surface area contributed by atoms with Crippen LogP contribution in [0.25, 0.3) is 0 Å². The lowest BCUT2D eigenvalue weighted by molar-refractivity contribution is -0.143. The molecule has 5 heteroatoms. The molecular weight excluding hydrogens is 242 g/mol. The summed E-state index contributed by atoms with van der Waals surface area (Å²) >= 11 is 0. The molecule has 0 bridgehead atoms. The highest BCUT2D eigenvalue weighted by Gasteiger charge is 2.40. The summed E-state index contributed by atoms with van der Waals surface area (Å²) in [6.45, 7) is 7.83. The van der Waals surface area contributed by atoms with Gasteiger partial charge in [-0.15, -0.1) is 0 Å². The first-order valence-electron chi connectivity index (χ1n) is 7.28. The molecule has 2 rings (SSSR count). The highest BCUT2D eigenvalue weighted by atomic mass is 16.2. The van der Waals surface area contributed by atoms with Gasteiger partial charge >= 0.3 is 0 Å². The zero-order valence-corrected chi connectivity index (χ0v) is 12.0. The molecule has 0 aromatic heterocycles. The second-order valence-electron chi connectivity index (χ2n) is 6.16. The lowest BCUT2D eigenvalue weighted by atomic mass is 9.74. The van der Waals surface area contributed by atoms with E-state index in [0.29, 0.717) is 32.0 Å². The van der Waals surface area contributed by atoms with E-state index < -0.39 is 0 Å². The van der Waals surface area contributed by atoms with Crippen molar-refractivity contribution in [2.24, 2.45) is 11.3 Å². The minimum absolute atomic E-state index is 0.0486. The summed E-state index contributed by atoms with van der Waals surface area (Å²) in [6.07, 6.45) is 2.67. The summed E-state index contributed by atoms with van der Waals surface area (Å²) in [5.74, 6) is 0.630. The number of carbonyl (C=O) groups excluding carboxylic acids is 2. The maximum Gasteiger partial charge on any atom is 0.228 e. The SMILES string of the molecule is CC(C)(C(=O)N1CCNC(=O)CC1)C1CCCNC1. The van der Waals surface area contributed by atoms with Crippen LogP contribution in [-0.4, -0.2) is 49.4 Å². The minimum Gasteiger partial charge on any atom is -0.354 e. The molecule has 2 heterocycles. The van der Waals surface area contributed by atoms with Gasteiger partial charge in [0.05, 0.1) is 0 Å². The lowest BCUT2D eigenvalue weighted by Gasteiger charge is -2.39. The molecule has 0 aromatic rings. The third kappa shape index (κ3) is 3.26. The first kappa shape index (κ1) is 14.3. The molecule has 0 saturated carbocycles. The van der Waals surface area contributed by atoms with Gasteiger partial charge in [0.2, 0.25) is 11.8 Å². The monoisotopic (exact) mass is 267 g/mol. The van der Waals surface area contributed by atoms with Gasteiger partial charge in [0.1, 0.15) is 0 Å². The van der Waals surface area contributed by atoms with Crippen molar-refractivity contribution in [1.82, 2.24) is 15.5 Å². The Labute approximate surface area is 115 Å². The normalized spacial score (nSPS) is 25.7. The Morgan fingerprint density at radius 1 is 1.32 bits per heavy atom. The van der Waals surface area contributed by atoms with Crippen molar-refractivity contribution >= 4 is 11.8 Å². The van der Waals surface area contributed by atoms with Crippen molar-refractivity contribution in [3.05, 3.63) is 0 Å². The summed E-state index contributed by atoms with van der Waals surface area (Å²) in [5.41, 5.74) is -0.346. The van der Waals surface area contributed by atoms with Crippen molar-refractivity contribution in [3.8, 4) is 0 Å². The molecule has 2 amide bonds. The predicted molar refractivity (Wildman–Crippen MR) is 73.6 cm³/mol. The first-order chi connectivity index (χ1) is 9.01. The Bertz CT molecular complexity index is 349. The fraction of sp³-hybridized carbons (Fsp3) is 0.857. The highest BCUT2D eigenvalue weighted by molar-refractivity contribution is 5.84. The third-order valence-electron chi connectivity index (χ3n) is 4.47. The van der Waals surface area contributed by atoms with E-state index in [1.807, 2.05) is 18.7 Å². The molecule has 2 N–H and O–H groups in total. The summed E-state index contributed by atoms with van der Waals surface area (Å²) in [6, 6.07) is 0. The van der Waals surface area contributed by atoms with Gasteiger partial charge in [0, 0.05) is 31.5 Å². The van der Waals surface area contributed by atoms with Gasteiger partial charge in [-0.25, -0.2) is 0 Å². The Morgan fingerprint density at radius 2 is 2.11 bits per heavy atom. The van der Waals surface area contributed by atoms with Crippen LogP contribution in [0.3, 0.4) is 0 Å². The van der Waals surface area contributed by atoms with E-state index in [1.54, 1.807) is 0 Å². The quantitative estimate of drug-likeness (QED) is 0.759. The largest absolute Gasteiger partial charge is 0.354 e. The maximum absolute atomic E-state index is 12.7. The van der Waals surface area contributed by atoms with E-state index >= 15 is 0 Å². The standard InChI is InChI=1S/C14H25N3O2/c1-14(2,11-4-3-6-15-10-11)13(19)17-8-5-12(18)16-7-9-17/h11,15H,3-10H2,1-2H3,(H,16,18). The Hall–Kier alpha value is -1.10. The van der Waals surface area contributed by atoms with Gasteiger partial charge in [-0.3, -0.25) is 9.59 Å². The number of piperidine rings is 1. The molecule has 0 spiro atoms. The molecule has 1 unspecified atom stereocenters. The van der Waals surface area contributed by atoms with Crippen LogP contribution < -0.4 is 10.6 Å². The van der Waals surface area contributed by atoms with E-state index in [-0.39, 0.29) is 17.2 Å². The van der Waals surface area contributed by atoms with Crippen molar-refractivity contribution in [2.75, 3.05) is 32.7 Å². The lowest BCUT2D eigenvalue weighted by Crippen LogP contribution is -2.49. The Balaban J connectivity index is 2.01. The van der Waals surface area contributed by atoms with E-state index in [1.165, 1.54) is 0 Å². The average Bonchev–Trinajstić information content (AvgIpc) is 2.63. The summed E-state index contributed by atoms with van der Waals surface area (Å²) < 4.78 is 0. The molecule has 2 saturated heterocycles. The van der Waals surface area contributed by atoms with Gasteiger partial charge in [-0.2, -0.15) is 0 Å². The molecular formula is C14H25N3O2. The van der Waals surface area contributed by atoms with Crippen LogP contribution >= 0.6 is 0 Å². The smallest absolute Gasteiger partial charge is 0.228 e. The van der Waals surface area contributed by atoms with Crippen LogP contribution in [-0.2, 0) is 9.59 Å². The molecule has 0 aromatic carbocycles. The van der Waals surface area contributed by atoms with Gasteiger partial charge in [0.25, 0.3) is 0 Å². The van der Waals surface area contributed by atoms with Crippen LogP contribution in [0.4, 0.5) is 0 Å². The topological polar surface area (TPSA) is 61.4 Å². The second kappa shape index (κ2) is 5.90. The predicted octanol–water partition coefficient (Wildman–Crippen LogP) is 0.361. The fourth-order valence-electron chi connectivity index (χ4n) is 3.02. The van der Waals surface area contributed by atoms with Crippen LogP contribution in [0.2, 0.25) is 0 Å². The minimum atomic E-state index is -0.346. The number of rotatable bonds is 2. The summed E-state index contributed by atoms with van der Waals surface area (Å²) in [7, 11) is 0. The van der Waals surface area contributed by atoms with Crippen LogP contribution in [0.1, 0.15) is 33.1 Å². The molecule has 5 nitrogen and oxygen atoms in total. The number of hydrogen-bond donors (Lipinski definition) is 2. The van der Waals surface area contributed by atoms with Crippen LogP contribution in [0.15, 0.2) is 0 Å². The second-order valence-corrected chi connectivity index (χ2v) is 6.16.